The molecule has 0 bridgehead atoms. The first kappa shape index (κ1) is 20.0. The van der Waals surface area contributed by atoms with Crippen molar-refractivity contribution >= 4 is 6.09 Å². The lowest BCUT2D eigenvalue weighted by Gasteiger charge is -2.39. The Hall–Kier alpha value is -1.75. The second-order valence-corrected chi connectivity index (χ2v) is 8.01. The minimum atomic E-state index is -0.301. The first-order valence-electron chi connectivity index (χ1n) is 10.6. The summed E-state index contributed by atoms with van der Waals surface area (Å²) in [4.78, 5) is 16.3. The summed E-state index contributed by atoms with van der Waals surface area (Å²) in [7, 11) is 0. The van der Waals surface area contributed by atoms with Gasteiger partial charge in [-0.15, -0.1) is 0 Å². The summed E-state index contributed by atoms with van der Waals surface area (Å²) in [6, 6.07) is 0. The number of amides is 1. The van der Waals surface area contributed by atoms with E-state index in [-0.39, 0.29) is 12.2 Å². The first-order chi connectivity index (χ1) is 13.2. The minimum absolute atomic E-state index is 0.212. The summed E-state index contributed by atoms with van der Waals surface area (Å²) < 4.78 is 5.29. The highest BCUT2D eigenvalue weighted by molar-refractivity contribution is 5.73. The Morgan fingerprint density at radius 2 is 1.74 bits per heavy atom. The Morgan fingerprint density at radius 1 is 1.04 bits per heavy atom. The largest absolute Gasteiger partial charge is 0.443 e. The van der Waals surface area contributed by atoms with Gasteiger partial charge >= 0.3 is 6.09 Å². The van der Waals surface area contributed by atoms with Crippen LogP contribution in [0.25, 0.3) is 0 Å². The summed E-state index contributed by atoms with van der Waals surface area (Å²) in [6.45, 7) is 7.24. The van der Waals surface area contributed by atoms with E-state index in [1.165, 1.54) is 50.8 Å². The van der Waals surface area contributed by atoms with Gasteiger partial charge in [-0.3, -0.25) is 4.90 Å². The number of likely N-dealkylation sites (tertiary alicyclic amines) is 1. The third-order valence-electron chi connectivity index (χ3n) is 6.37. The normalized spacial score (nSPS) is 30.5. The van der Waals surface area contributed by atoms with E-state index >= 15 is 0 Å². The molecule has 1 amide bonds. The molecule has 27 heavy (non-hydrogen) atoms. The maximum atomic E-state index is 12.1. The zero-order chi connectivity index (χ0) is 19.2. The molecule has 1 aliphatic carbocycles. The number of carbonyl (C=O) groups is 1. The molecular weight excluding hydrogens is 338 g/mol. The Bertz CT molecular complexity index is 611. The summed E-state index contributed by atoms with van der Waals surface area (Å²) in [5, 5.41) is 0. The quantitative estimate of drug-likeness (QED) is 0.739. The van der Waals surface area contributed by atoms with Crippen molar-refractivity contribution in [2.45, 2.75) is 58.5 Å². The minimum Gasteiger partial charge on any atom is -0.443 e. The summed E-state index contributed by atoms with van der Waals surface area (Å²) in [5.74, 6) is 1.76. The van der Waals surface area contributed by atoms with Crippen LogP contribution in [0.5, 0.6) is 0 Å². The average Bonchev–Trinajstić information content (AvgIpc) is 2.90. The Balaban J connectivity index is 1.64. The van der Waals surface area contributed by atoms with Crippen LogP contribution in [0.1, 0.15) is 52.4 Å². The standard InChI is InChI=1S/C22H35N3O2/c1-3-19(24-13-12-17-8-6-5-7-9-18(17)15-24)10-11-20(4-2)25-16-21(14-23)27-22(25)26/h3-4,10-11,17-18,21H,5-9,12-16,23H2,1-2H3/b11-10-,19-3+,20-4+. The number of nitrogens with two attached hydrogens (primary N) is 1. The van der Waals surface area contributed by atoms with Gasteiger partial charge in [0.05, 0.1) is 6.54 Å². The van der Waals surface area contributed by atoms with Gasteiger partial charge in [0.1, 0.15) is 6.10 Å². The van der Waals surface area contributed by atoms with Gasteiger partial charge in [0.25, 0.3) is 0 Å². The van der Waals surface area contributed by atoms with Crippen LogP contribution in [0.2, 0.25) is 0 Å². The fraction of sp³-hybridized carbons (Fsp3) is 0.682. The van der Waals surface area contributed by atoms with E-state index in [1.807, 2.05) is 19.1 Å². The molecule has 2 aliphatic heterocycles. The first-order valence-corrected chi connectivity index (χ1v) is 10.6. The van der Waals surface area contributed by atoms with Crippen molar-refractivity contribution in [3.05, 3.63) is 35.7 Å². The molecule has 3 atom stereocenters. The van der Waals surface area contributed by atoms with Crippen LogP contribution in [0.4, 0.5) is 4.79 Å². The van der Waals surface area contributed by atoms with Crippen molar-refractivity contribution < 1.29 is 9.53 Å². The van der Waals surface area contributed by atoms with E-state index in [0.29, 0.717) is 13.1 Å². The second-order valence-electron chi connectivity index (χ2n) is 8.01. The van der Waals surface area contributed by atoms with Gasteiger partial charge in [-0.2, -0.15) is 0 Å². The number of carbonyl (C=O) groups excluding carboxylic acids is 1. The molecule has 150 valence electrons. The van der Waals surface area contributed by atoms with Gasteiger partial charge in [0.2, 0.25) is 0 Å². The molecule has 3 rings (SSSR count). The van der Waals surface area contributed by atoms with E-state index in [0.717, 1.165) is 24.1 Å². The second kappa shape index (κ2) is 9.45. The molecule has 3 unspecified atom stereocenters. The number of ether oxygens (including phenoxy) is 1. The molecule has 0 spiro atoms. The lowest BCUT2D eigenvalue weighted by Crippen LogP contribution is -2.39. The molecule has 3 aliphatic rings. The Kier molecular flexibility index (Phi) is 7.00. The van der Waals surface area contributed by atoms with E-state index in [9.17, 15) is 4.79 Å². The molecule has 1 saturated carbocycles. The number of hydrogen-bond donors (Lipinski definition) is 1. The predicted octanol–water partition coefficient (Wildman–Crippen LogP) is 4.03. The molecule has 2 heterocycles. The van der Waals surface area contributed by atoms with Crippen LogP contribution in [-0.2, 0) is 4.74 Å². The highest BCUT2D eigenvalue weighted by Crippen LogP contribution is 2.36. The molecule has 0 aromatic heterocycles. The van der Waals surface area contributed by atoms with E-state index in [2.05, 4.69) is 24.0 Å². The molecule has 2 saturated heterocycles. The van der Waals surface area contributed by atoms with Crippen LogP contribution in [0.3, 0.4) is 0 Å². The smallest absolute Gasteiger partial charge is 0.414 e. The van der Waals surface area contributed by atoms with Crippen LogP contribution in [-0.4, -0.2) is 48.2 Å². The lowest BCUT2D eigenvalue weighted by atomic mass is 9.82. The van der Waals surface area contributed by atoms with Gasteiger partial charge in [-0.1, -0.05) is 37.8 Å². The SMILES string of the molecule is C\C=C(/C=C\C(=C/C)N1CC(CN)OC1=O)N1CCC2CCCCCC2C1. The van der Waals surface area contributed by atoms with Gasteiger partial charge in [0.15, 0.2) is 0 Å². The summed E-state index contributed by atoms with van der Waals surface area (Å²) >= 11 is 0. The molecule has 5 heteroatoms. The maximum absolute atomic E-state index is 12.1. The molecule has 2 N–H and O–H groups in total. The van der Waals surface area contributed by atoms with Crippen LogP contribution in [0, 0.1) is 11.8 Å². The van der Waals surface area contributed by atoms with Crippen molar-refractivity contribution in [3.8, 4) is 0 Å². The molecule has 5 nitrogen and oxygen atoms in total. The topological polar surface area (TPSA) is 58.8 Å². The number of hydrogen-bond acceptors (Lipinski definition) is 4. The number of piperidine rings is 1. The monoisotopic (exact) mass is 373 g/mol. The number of allylic oxidation sites excluding steroid dienone is 4. The zero-order valence-electron chi connectivity index (χ0n) is 16.9. The highest BCUT2D eigenvalue weighted by Gasteiger charge is 2.32. The molecular formula is C22H35N3O2. The number of nitrogens with zero attached hydrogens (tertiary/aromatic N) is 2. The van der Waals surface area contributed by atoms with Crippen molar-refractivity contribution in [1.29, 1.82) is 0 Å². The molecule has 0 aromatic rings. The van der Waals surface area contributed by atoms with E-state index in [4.69, 9.17) is 10.5 Å². The highest BCUT2D eigenvalue weighted by atomic mass is 16.6. The average molecular weight is 374 g/mol. The predicted molar refractivity (Wildman–Crippen MR) is 109 cm³/mol. The van der Waals surface area contributed by atoms with Crippen molar-refractivity contribution in [2.75, 3.05) is 26.2 Å². The van der Waals surface area contributed by atoms with Crippen molar-refractivity contribution in [1.82, 2.24) is 9.80 Å². The van der Waals surface area contributed by atoms with Gasteiger partial charge in [-0.25, -0.2) is 4.79 Å². The fourth-order valence-corrected chi connectivity index (χ4v) is 4.76. The maximum Gasteiger partial charge on any atom is 0.414 e. The van der Waals surface area contributed by atoms with E-state index < -0.39 is 0 Å². The summed E-state index contributed by atoms with van der Waals surface area (Å²) in [5.41, 5.74) is 7.77. The van der Waals surface area contributed by atoms with Gasteiger partial charge < -0.3 is 15.4 Å². The fourth-order valence-electron chi connectivity index (χ4n) is 4.76. The van der Waals surface area contributed by atoms with E-state index in [1.54, 1.807) is 4.90 Å². The number of cyclic esters (lactones) is 1. The van der Waals surface area contributed by atoms with Crippen molar-refractivity contribution in [3.63, 3.8) is 0 Å². The lowest BCUT2D eigenvalue weighted by molar-refractivity contribution is 0.138. The van der Waals surface area contributed by atoms with Gasteiger partial charge in [-0.05, 0) is 50.7 Å². The Morgan fingerprint density at radius 3 is 2.41 bits per heavy atom. The van der Waals surface area contributed by atoms with Crippen LogP contribution < -0.4 is 5.73 Å². The molecule has 3 fully saturated rings. The van der Waals surface area contributed by atoms with Crippen LogP contribution >= 0.6 is 0 Å². The zero-order valence-corrected chi connectivity index (χ0v) is 16.9. The van der Waals surface area contributed by atoms with Crippen LogP contribution in [0.15, 0.2) is 35.7 Å². The summed E-state index contributed by atoms with van der Waals surface area (Å²) in [6.07, 6.45) is 16.1. The number of fused-ring (bicyclic) bond motifs is 1. The Labute approximate surface area is 163 Å². The molecule has 0 radical (unpaired) electrons. The third-order valence-corrected chi connectivity index (χ3v) is 6.37. The van der Waals surface area contributed by atoms with Gasteiger partial charge in [0, 0.05) is 31.0 Å². The number of rotatable bonds is 5. The van der Waals surface area contributed by atoms with Crippen molar-refractivity contribution in [2.24, 2.45) is 17.6 Å². The third kappa shape index (κ3) is 4.75. The molecule has 0 aromatic carbocycles.